The molecule has 28 heavy (non-hydrogen) atoms. The topological polar surface area (TPSA) is 79.5 Å². The number of aromatic nitrogens is 2. The molecule has 0 N–H and O–H groups in total. The van der Waals surface area contributed by atoms with E-state index in [-0.39, 0.29) is 11.8 Å². The van der Waals surface area contributed by atoms with Crippen molar-refractivity contribution in [2.75, 3.05) is 26.2 Å². The predicted octanol–water partition coefficient (Wildman–Crippen LogP) is 2.99. The molecule has 0 unspecified atom stereocenters. The Morgan fingerprint density at radius 1 is 1.11 bits per heavy atom. The first-order chi connectivity index (χ1) is 13.7. The molecule has 1 saturated heterocycles. The molecule has 148 valence electrons. The fourth-order valence-electron chi connectivity index (χ4n) is 4.13. The molecule has 1 saturated carbocycles. The summed E-state index contributed by atoms with van der Waals surface area (Å²) in [5.41, 5.74) is 1.08. The molecule has 3 heterocycles. The van der Waals surface area contributed by atoms with Gasteiger partial charge in [-0.2, -0.15) is 0 Å². The molecule has 7 nitrogen and oxygen atoms in total. The lowest BCUT2D eigenvalue weighted by Crippen LogP contribution is -2.50. The summed E-state index contributed by atoms with van der Waals surface area (Å²) in [6.07, 6.45) is 10.2. The minimum atomic E-state index is -0.156. The molecule has 0 aromatic carbocycles. The highest BCUT2D eigenvalue weighted by atomic mass is 16.5. The molecule has 4 rings (SSSR count). The van der Waals surface area contributed by atoms with Crippen molar-refractivity contribution in [2.24, 2.45) is 5.92 Å². The third-order valence-electron chi connectivity index (χ3n) is 5.84. The average Bonchev–Trinajstić information content (AvgIpc) is 3.44. The van der Waals surface area contributed by atoms with Gasteiger partial charge in [0.25, 0.3) is 5.91 Å². The van der Waals surface area contributed by atoms with Gasteiger partial charge in [0.1, 0.15) is 0 Å². The normalized spacial score (nSPS) is 17.9. The fraction of sp³-hybridized carbons (Fsp3) is 0.524. The zero-order valence-corrected chi connectivity index (χ0v) is 16.0. The number of pyridine rings is 1. The summed E-state index contributed by atoms with van der Waals surface area (Å²) < 4.78 is 5.30. The molecular formula is C21H26N4O3. The molecule has 2 aliphatic rings. The Morgan fingerprint density at radius 2 is 1.86 bits per heavy atom. The Morgan fingerprint density at radius 3 is 2.57 bits per heavy atom. The quantitative estimate of drug-likeness (QED) is 0.794. The Labute approximate surface area is 164 Å². The highest BCUT2D eigenvalue weighted by Crippen LogP contribution is 2.28. The number of amides is 2. The lowest BCUT2D eigenvalue weighted by atomic mass is 10.0. The van der Waals surface area contributed by atoms with Gasteiger partial charge >= 0.3 is 0 Å². The van der Waals surface area contributed by atoms with E-state index in [9.17, 15) is 9.59 Å². The first-order valence-corrected chi connectivity index (χ1v) is 10.1. The highest BCUT2D eigenvalue weighted by molar-refractivity contribution is 5.93. The van der Waals surface area contributed by atoms with Crippen LogP contribution in [-0.4, -0.2) is 57.9 Å². The van der Waals surface area contributed by atoms with Crippen LogP contribution in [0.3, 0.4) is 0 Å². The van der Waals surface area contributed by atoms with Crippen LogP contribution in [0.5, 0.6) is 0 Å². The number of hydrogen-bond donors (Lipinski definition) is 0. The van der Waals surface area contributed by atoms with Gasteiger partial charge in [0, 0.05) is 56.6 Å². The summed E-state index contributed by atoms with van der Waals surface area (Å²) in [5.74, 6) is 1.32. The first-order valence-electron chi connectivity index (χ1n) is 10.1. The van der Waals surface area contributed by atoms with Crippen LogP contribution in [0.25, 0.3) is 11.3 Å². The van der Waals surface area contributed by atoms with E-state index in [0.717, 1.165) is 17.9 Å². The van der Waals surface area contributed by atoms with Gasteiger partial charge in [-0.3, -0.25) is 14.6 Å². The molecule has 2 aromatic heterocycles. The van der Waals surface area contributed by atoms with Crippen molar-refractivity contribution < 1.29 is 14.1 Å². The van der Waals surface area contributed by atoms with Crippen molar-refractivity contribution in [1.29, 1.82) is 0 Å². The standard InChI is InChI=1S/C21H26N4O3/c26-20(8-7-16-4-1-2-5-16)24-10-12-25(13-11-24)21(27)18-14-19(28-23-18)17-6-3-9-22-15-17/h3,6,9,14-16H,1-2,4-5,7-8,10-13H2. The fourth-order valence-corrected chi connectivity index (χ4v) is 4.13. The van der Waals surface area contributed by atoms with Crippen molar-refractivity contribution in [3.05, 3.63) is 36.3 Å². The minimum absolute atomic E-state index is 0.156. The van der Waals surface area contributed by atoms with Crippen molar-refractivity contribution in [2.45, 2.75) is 38.5 Å². The van der Waals surface area contributed by atoms with Gasteiger partial charge in [0.2, 0.25) is 5.91 Å². The molecule has 2 amide bonds. The second-order valence-electron chi connectivity index (χ2n) is 7.68. The lowest BCUT2D eigenvalue weighted by Gasteiger charge is -2.34. The monoisotopic (exact) mass is 382 g/mol. The summed E-state index contributed by atoms with van der Waals surface area (Å²) >= 11 is 0. The Kier molecular flexibility index (Phi) is 5.69. The average molecular weight is 382 g/mol. The number of hydrogen-bond acceptors (Lipinski definition) is 5. The number of nitrogens with zero attached hydrogens (tertiary/aromatic N) is 4. The van der Waals surface area contributed by atoms with Crippen molar-refractivity contribution in [1.82, 2.24) is 19.9 Å². The Hall–Kier alpha value is -2.70. The van der Waals surface area contributed by atoms with Gasteiger partial charge in [0.15, 0.2) is 11.5 Å². The summed E-state index contributed by atoms with van der Waals surface area (Å²) in [4.78, 5) is 32.8. The molecule has 7 heteroatoms. The van der Waals surface area contributed by atoms with Gasteiger partial charge in [-0.15, -0.1) is 0 Å². The van der Waals surface area contributed by atoms with Crippen LogP contribution in [0.4, 0.5) is 0 Å². The zero-order chi connectivity index (χ0) is 19.3. The molecule has 0 radical (unpaired) electrons. The van der Waals surface area contributed by atoms with Crippen LogP contribution in [0.15, 0.2) is 35.1 Å². The maximum atomic E-state index is 12.7. The molecule has 0 spiro atoms. The van der Waals surface area contributed by atoms with Crippen LogP contribution < -0.4 is 0 Å². The van der Waals surface area contributed by atoms with Crippen molar-refractivity contribution >= 4 is 11.8 Å². The maximum Gasteiger partial charge on any atom is 0.276 e. The van der Waals surface area contributed by atoms with E-state index < -0.39 is 0 Å². The molecule has 0 bridgehead atoms. The van der Waals surface area contributed by atoms with Gasteiger partial charge in [-0.25, -0.2) is 0 Å². The first kappa shape index (κ1) is 18.7. The van der Waals surface area contributed by atoms with Crippen LogP contribution in [0.1, 0.15) is 49.0 Å². The van der Waals surface area contributed by atoms with Crippen molar-refractivity contribution in [3.63, 3.8) is 0 Å². The van der Waals surface area contributed by atoms with Gasteiger partial charge in [0.05, 0.1) is 0 Å². The van der Waals surface area contributed by atoms with Crippen LogP contribution >= 0.6 is 0 Å². The van der Waals surface area contributed by atoms with Crippen molar-refractivity contribution in [3.8, 4) is 11.3 Å². The van der Waals surface area contributed by atoms with Gasteiger partial charge < -0.3 is 14.3 Å². The largest absolute Gasteiger partial charge is 0.355 e. The highest BCUT2D eigenvalue weighted by Gasteiger charge is 2.27. The molecule has 2 fully saturated rings. The van der Waals surface area contributed by atoms with E-state index in [1.165, 1.54) is 25.7 Å². The van der Waals surface area contributed by atoms with Crippen LogP contribution in [0.2, 0.25) is 0 Å². The molecular weight excluding hydrogens is 356 g/mol. The van der Waals surface area contributed by atoms with Crippen LogP contribution in [0, 0.1) is 5.92 Å². The summed E-state index contributed by atoms with van der Waals surface area (Å²) in [6.45, 7) is 2.23. The third-order valence-corrected chi connectivity index (χ3v) is 5.84. The molecule has 1 aliphatic heterocycles. The zero-order valence-electron chi connectivity index (χ0n) is 16.0. The molecule has 1 aliphatic carbocycles. The van der Waals surface area contributed by atoms with Gasteiger partial charge in [-0.05, 0) is 24.5 Å². The Bertz CT molecular complexity index is 806. The number of piperazine rings is 1. The SMILES string of the molecule is O=C(CCC1CCCC1)N1CCN(C(=O)c2cc(-c3cccnc3)on2)CC1. The van der Waals surface area contributed by atoms with E-state index in [4.69, 9.17) is 4.52 Å². The lowest BCUT2D eigenvalue weighted by molar-refractivity contribution is -0.133. The smallest absolute Gasteiger partial charge is 0.276 e. The van der Waals surface area contributed by atoms with E-state index in [2.05, 4.69) is 10.1 Å². The van der Waals surface area contributed by atoms with E-state index in [0.29, 0.717) is 44.1 Å². The molecule has 0 atom stereocenters. The maximum absolute atomic E-state index is 12.7. The second-order valence-corrected chi connectivity index (χ2v) is 7.68. The molecule has 2 aromatic rings. The Balaban J connectivity index is 1.28. The summed E-state index contributed by atoms with van der Waals surface area (Å²) in [5, 5.41) is 3.92. The predicted molar refractivity (Wildman–Crippen MR) is 103 cm³/mol. The third kappa shape index (κ3) is 4.24. The van der Waals surface area contributed by atoms with E-state index in [1.54, 1.807) is 23.4 Å². The summed E-state index contributed by atoms with van der Waals surface area (Å²) in [6, 6.07) is 5.32. The summed E-state index contributed by atoms with van der Waals surface area (Å²) in [7, 11) is 0. The van der Waals surface area contributed by atoms with Gasteiger partial charge in [-0.1, -0.05) is 30.8 Å². The number of carbonyl (C=O) groups is 2. The number of rotatable bonds is 5. The minimum Gasteiger partial charge on any atom is -0.355 e. The van der Waals surface area contributed by atoms with Crippen LogP contribution in [-0.2, 0) is 4.79 Å². The second kappa shape index (κ2) is 8.54. The van der Waals surface area contributed by atoms with E-state index in [1.807, 2.05) is 17.0 Å². The number of carbonyl (C=O) groups excluding carboxylic acids is 2. The van der Waals surface area contributed by atoms with E-state index >= 15 is 0 Å².